The summed E-state index contributed by atoms with van der Waals surface area (Å²) in [6.07, 6.45) is 1.50. The van der Waals surface area contributed by atoms with Crippen LogP contribution in [-0.2, 0) is 0 Å². The third kappa shape index (κ3) is 2.30. The standard InChI is InChI=1S/C9H11N3O/c1-2-11-12-9(13)7-5-3-4-6-8(7)10/h2-6H,10H2,1H3,(H,12,13)/b11-2-. The first-order valence-electron chi connectivity index (χ1n) is 3.88. The highest BCUT2D eigenvalue weighted by Gasteiger charge is 2.06. The van der Waals surface area contributed by atoms with Crippen molar-refractivity contribution in [3.63, 3.8) is 0 Å². The van der Waals surface area contributed by atoms with Crippen molar-refractivity contribution < 1.29 is 4.79 Å². The second kappa shape index (κ2) is 4.25. The summed E-state index contributed by atoms with van der Waals surface area (Å²) in [5.41, 5.74) is 8.81. The van der Waals surface area contributed by atoms with Gasteiger partial charge in [-0.25, -0.2) is 5.43 Å². The zero-order chi connectivity index (χ0) is 9.68. The summed E-state index contributed by atoms with van der Waals surface area (Å²) in [6, 6.07) is 6.84. The highest BCUT2D eigenvalue weighted by Crippen LogP contribution is 2.09. The molecule has 0 aliphatic heterocycles. The van der Waals surface area contributed by atoms with Crippen molar-refractivity contribution in [2.45, 2.75) is 6.92 Å². The Morgan fingerprint density at radius 2 is 2.23 bits per heavy atom. The van der Waals surface area contributed by atoms with Gasteiger partial charge >= 0.3 is 0 Å². The smallest absolute Gasteiger partial charge is 0.273 e. The minimum absolute atomic E-state index is 0.295. The van der Waals surface area contributed by atoms with Crippen LogP contribution in [0.15, 0.2) is 29.4 Å². The van der Waals surface area contributed by atoms with E-state index in [9.17, 15) is 4.79 Å². The SMILES string of the molecule is C/C=N\NC(=O)c1ccccc1N. The van der Waals surface area contributed by atoms with E-state index in [1.165, 1.54) is 6.21 Å². The van der Waals surface area contributed by atoms with Crippen LogP contribution in [0.2, 0.25) is 0 Å². The van der Waals surface area contributed by atoms with E-state index in [0.29, 0.717) is 11.3 Å². The number of amides is 1. The molecule has 0 atom stereocenters. The maximum absolute atomic E-state index is 11.3. The predicted octanol–water partition coefficient (Wildman–Crippen LogP) is 1.00. The molecular weight excluding hydrogens is 166 g/mol. The van der Waals surface area contributed by atoms with Crippen LogP contribution in [0.4, 0.5) is 5.69 Å². The van der Waals surface area contributed by atoms with Crippen molar-refractivity contribution in [3.05, 3.63) is 29.8 Å². The van der Waals surface area contributed by atoms with Gasteiger partial charge in [0, 0.05) is 11.9 Å². The summed E-state index contributed by atoms with van der Waals surface area (Å²) >= 11 is 0. The number of hydrogen-bond donors (Lipinski definition) is 2. The van der Waals surface area contributed by atoms with Gasteiger partial charge in [-0.1, -0.05) is 12.1 Å². The fourth-order valence-corrected chi connectivity index (χ4v) is 0.887. The highest BCUT2D eigenvalue weighted by molar-refractivity contribution is 5.99. The first-order valence-corrected chi connectivity index (χ1v) is 3.88. The molecule has 0 radical (unpaired) electrons. The summed E-state index contributed by atoms with van der Waals surface area (Å²) in [7, 11) is 0. The zero-order valence-corrected chi connectivity index (χ0v) is 7.32. The van der Waals surface area contributed by atoms with E-state index in [2.05, 4.69) is 10.5 Å². The molecule has 0 aliphatic carbocycles. The number of nitrogen functional groups attached to an aromatic ring is 1. The van der Waals surface area contributed by atoms with Gasteiger partial charge in [0.1, 0.15) is 0 Å². The van der Waals surface area contributed by atoms with Crippen molar-refractivity contribution in [2.24, 2.45) is 5.10 Å². The highest BCUT2D eigenvalue weighted by atomic mass is 16.2. The molecule has 0 spiro atoms. The molecule has 13 heavy (non-hydrogen) atoms. The topological polar surface area (TPSA) is 67.5 Å². The molecular formula is C9H11N3O. The lowest BCUT2D eigenvalue weighted by molar-refractivity contribution is 0.0956. The molecule has 68 valence electrons. The van der Waals surface area contributed by atoms with Gasteiger partial charge in [-0.2, -0.15) is 5.10 Å². The Morgan fingerprint density at radius 1 is 1.54 bits per heavy atom. The van der Waals surface area contributed by atoms with Crippen LogP contribution in [0.25, 0.3) is 0 Å². The molecule has 0 saturated carbocycles. The molecule has 0 heterocycles. The van der Waals surface area contributed by atoms with Gasteiger partial charge in [-0.15, -0.1) is 0 Å². The molecule has 0 aliphatic rings. The number of anilines is 1. The number of nitrogens with one attached hydrogen (secondary N) is 1. The minimum Gasteiger partial charge on any atom is -0.398 e. The molecule has 4 nitrogen and oxygen atoms in total. The Labute approximate surface area is 76.4 Å². The lowest BCUT2D eigenvalue weighted by Gasteiger charge is -2.01. The van der Waals surface area contributed by atoms with Gasteiger partial charge < -0.3 is 5.73 Å². The quantitative estimate of drug-likeness (QED) is 0.402. The van der Waals surface area contributed by atoms with E-state index in [-0.39, 0.29) is 5.91 Å². The normalized spacial score (nSPS) is 10.2. The van der Waals surface area contributed by atoms with Crippen LogP contribution in [0, 0.1) is 0 Å². The lowest BCUT2D eigenvalue weighted by atomic mass is 10.2. The van der Waals surface area contributed by atoms with E-state index in [1.807, 2.05) is 0 Å². The van der Waals surface area contributed by atoms with E-state index in [0.717, 1.165) is 0 Å². The van der Waals surface area contributed by atoms with E-state index in [1.54, 1.807) is 31.2 Å². The van der Waals surface area contributed by atoms with Gasteiger partial charge in [0.25, 0.3) is 5.91 Å². The van der Waals surface area contributed by atoms with Crippen LogP contribution in [-0.4, -0.2) is 12.1 Å². The number of benzene rings is 1. The lowest BCUT2D eigenvalue weighted by Crippen LogP contribution is -2.18. The maximum atomic E-state index is 11.3. The van der Waals surface area contributed by atoms with Crippen LogP contribution >= 0.6 is 0 Å². The third-order valence-electron chi connectivity index (χ3n) is 1.50. The molecule has 0 unspecified atom stereocenters. The molecule has 4 heteroatoms. The van der Waals surface area contributed by atoms with Crippen LogP contribution in [0.5, 0.6) is 0 Å². The van der Waals surface area contributed by atoms with E-state index < -0.39 is 0 Å². The molecule has 0 fully saturated rings. The van der Waals surface area contributed by atoms with Gasteiger partial charge in [-0.05, 0) is 19.1 Å². The minimum atomic E-state index is -0.295. The van der Waals surface area contributed by atoms with Gasteiger partial charge in [-0.3, -0.25) is 4.79 Å². The molecule has 3 N–H and O–H groups in total. The number of carbonyl (C=O) groups is 1. The first kappa shape index (κ1) is 9.25. The number of para-hydroxylation sites is 1. The molecule has 1 aromatic carbocycles. The largest absolute Gasteiger partial charge is 0.398 e. The maximum Gasteiger partial charge on any atom is 0.273 e. The van der Waals surface area contributed by atoms with Crippen molar-refractivity contribution in [1.82, 2.24) is 5.43 Å². The number of rotatable bonds is 2. The van der Waals surface area contributed by atoms with E-state index in [4.69, 9.17) is 5.73 Å². The second-order valence-corrected chi connectivity index (χ2v) is 2.42. The van der Waals surface area contributed by atoms with E-state index >= 15 is 0 Å². The summed E-state index contributed by atoms with van der Waals surface area (Å²) in [6.45, 7) is 1.72. The Kier molecular flexibility index (Phi) is 3.03. The molecule has 0 aromatic heterocycles. The molecule has 0 bridgehead atoms. The fourth-order valence-electron chi connectivity index (χ4n) is 0.887. The Hall–Kier alpha value is -1.84. The van der Waals surface area contributed by atoms with Crippen molar-refractivity contribution in [1.29, 1.82) is 0 Å². The average molecular weight is 177 g/mol. The van der Waals surface area contributed by atoms with Crippen LogP contribution in [0.1, 0.15) is 17.3 Å². The van der Waals surface area contributed by atoms with Crippen LogP contribution in [0.3, 0.4) is 0 Å². The Balaban J connectivity index is 2.83. The Morgan fingerprint density at radius 3 is 2.85 bits per heavy atom. The number of nitrogens with two attached hydrogens (primary N) is 1. The summed E-state index contributed by atoms with van der Waals surface area (Å²) in [4.78, 5) is 11.3. The first-order chi connectivity index (χ1) is 6.25. The molecule has 1 aromatic rings. The predicted molar refractivity (Wildman–Crippen MR) is 52.5 cm³/mol. The molecule has 1 amide bonds. The average Bonchev–Trinajstić information content (AvgIpc) is 2.15. The summed E-state index contributed by atoms with van der Waals surface area (Å²) < 4.78 is 0. The monoisotopic (exact) mass is 177 g/mol. The fraction of sp³-hybridized carbons (Fsp3) is 0.111. The van der Waals surface area contributed by atoms with Crippen LogP contribution < -0.4 is 11.2 Å². The van der Waals surface area contributed by atoms with Gasteiger partial charge in [0.15, 0.2) is 0 Å². The number of carbonyl (C=O) groups excluding carboxylic acids is 1. The van der Waals surface area contributed by atoms with Gasteiger partial charge in [0.05, 0.1) is 5.56 Å². The number of hydrazone groups is 1. The van der Waals surface area contributed by atoms with Gasteiger partial charge in [0.2, 0.25) is 0 Å². The van der Waals surface area contributed by atoms with Crippen molar-refractivity contribution in [3.8, 4) is 0 Å². The molecule has 0 saturated heterocycles. The number of nitrogens with zero attached hydrogens (tertiary/aromatic N) is 1. The summed E-state index contributed by atoms with van der Waals surface area (Å²) in [5.74, 6) is -0.295. The summed E-state index contributed by atoms with van der Waals surface area (Å²) in [5, 5.41) is 3.61. The van der Waals surface area contributed by atoms with Crippen molar-refractivity contribution in [2.75, 3.05) is 5.73 Å². The Bertz CT molecular complexity index is 333. The third-order valence-corrected chi connectivity index (χ3v) is 1.50. The molecule has 1 rings (SSSR count). The second-order valence-electron chi connectivity index (χ2n) is 2.42. The number of hydrogen-bond acceptors (Lipinski definition) is 3. The van der Waals surface area contributed by atoms with Crippen molar-refractivity contribution >= 4 is 17.8 Å². The zero-order valence-electron chi connectivity index (χ0n) is 7.32.